The first-order valence-corrected chi connectivity index (χ1v) is 7.08. The molecule has 1 aromatic rings. The van der Waals surface area contributed by atoms with E-state index in [1.54, 1.807) is 0 Å². The molecule has 0 aliphatic carbocycles. The first kappa shape index (κ1) is 12.8. The number of morpholine rings is 1. The summed E-state index contributed by atoms with van der Waals surface area (Å²) in [7, 11) is 0. The monoisotopic (exact) mass is 323 g/mol. The molecule has 0 radical (unpaired) electrons. The van der Waals surface area contributed by atoms with Crippen LogP contribution in [0.15, 0.2) is 16.6 Å². The molecule has 2 aliphatic heterocycles. The molecule has 2 fully saturated rings. The van der Waals surface area contributed by atoms with Gasteiger partial charge in [0.25, 0.3) is 11.8 Å². The van der Waals surface area contributed by atoms with Crippen molar-refractivity contribution in [2.45, 2.75) is 38.9 Å². The molecule has 2 aliphatic rings. The molecule has 2 atom stereocenters. The molecule has 3 rings (SSSR count). The van der Waals surface area contributed by atoms with Crippen LogP contribution in [0.25, 0.3) is 0 Å². The van der Waals surface area contributed by atoms with E-state index in [-0.39, 0.29) is 11.8 Å². The summed E-state index contributed by atoms with van der Waals surface area (Å²) in [5.74, 6) is -0.472. The molecule has 1 aromatic carbocycles. The van der Waals surface area contributed by atoms with Crippen molar-refractivity contribution in [3.8, 4) is 0 Å². The van der Waals surface area contributed by atoms with Crippen molar-refractivity contribution in [3.05, 3.63) is 27.7 Å². The highest BCUT2D eigenvalue weighted by Crippen LogP contribution is 2.34. The molecule has 19 heavy (non-hydrogen) atoms. The van der Waals surface area contributed by atoms with E-state index in [1.165, 1.54) is 4.90 Å². The van der Waals surface area contributed by atoms with E-state index in [0.717, 1.165) is 15.6 Å². The summed E-state index contributed by atoms with van der Waals surface area (Å²) in [6.07, 6.45) is 0.374. The second kappa shape index (κ2) is 4.42. The van der Waals surface area contributed by atoms with Crippen LogP contribution in [0.3, 0.4) is 0 Å². The lowest BCUT2D eigenvalue weighted by molar-refractivity contribution is -0.146. The van der Waals surface area contributed by atoms with Gasteiger partial charge in [0.05, 0.1) is 5.69 Å². The fraction of sp³-hybridized carbons (Fsp3) is 0.429. The number of ether oxygens (including phenoxy) is 1. The lowest BCUT2D eigenvalue weighted by atomic mass is 10.1. The number of aryl methyl sites for hydroxylation is 2. The van der Waals surface area contributed by atoms with Crippen molar-refractivity contribution >= 4 is 33.4 Å². The third-order valence-electron chi connectivity index (χ3n) is 3.69. The molecule has 5 heteroatoms. The number of anilines is 1. The van der Waals surface area contributed by atoms with Gasteiger partial charge in [0, 0.05) is 4.47 Å². The topological polar surface area (TPSA) is 46.6 Å². The zero-order valence-corrected chi connectivity index (χ0v) is 12.4. The van der Waals surface area contributed by atoms with Crippen molar-refractivity contribution in [1.29, 1.82) is 0 Å². The van der Waals surface area contributed by atoms with Crippen molar-refractivity contribution < 1.29 is 14.3 Å². The van der Waals surface area contributed by atoms with Gasteiger partial charge in [0.15, 0.2) is 0 Å². The fourth-order valence-electron chi connectivity index (χ4n) is 2.70. The number of nitrogens with zero attached hydrogens (tertiary/aromatic N) is 1. The third kappa shape index (κ3) is 1.92. The Bertz CT molecular complexity index is 539. The van der Waals surface area contributed by atoms with Gasteiger partial charge in [-0.1, -0.05) is 15.9 Å². The van der Waals surface area contributed by atoms with Crippen molar-refractivity contribution in [2.24, 2.45) is 0 Å². The lowest BCUT2D eigenvalue weighted by Gasteiger charge is -2.30. The molecule has 4 nitrogen and oxygen atoms in total. The molecule has 0 saturated carbocycles. The Balaban J connectivity index is 2.06. The number of carbonyl (C=O) groups is 2. The van der Waals surface area contributed by atoms with Gasteiger partial charge in [-0.2, -0.15) is 0 Å². The number of hydrogen-bond donors (Lipinski definition) is 0. The maximum atomic E-state index is 12.3. The van der Waals surface area contributed by atoms with Crippen molar-refractivity contribution in [1.82, 2.24) is 0 Å². The summed E-state index contributed by atoms with van der Waals surface area (Å²) >= 11 is 3.49. The van der Waals surface area contributed by atoms with Crippen LogP contribution in [0.1, 0.15) is 24.0 Å². The highest BCUT2D eigenvalue weighted by molar-refractivity contribution is 9.10. The summed E-state index contributed by atoms with van der Waals surface area (Å²) in [6.45, 7) is 3.90. The van der Waals surface area contributed by atoms with Crippen LogP contribution >= 0.6 is 15.9 Å². The largest absolute Gasteiger partial charge is 0.355 e. The van der Waals surface area contributed by atoms with Gasteiger partial charge in [-0.25, -0.2) is 4.90 Å². The van der Waals surface area contributed by atoms with Gasteiger partial charge in [-0.05, 0) is 49.9 Å². The summed E-state index contributed by atoms with van der Waals surface area (Å²) in [4.78, 5) is 25.8. The molecular formula is C14H14BrNO3. The first-order valence-electron chi connectivity index (χ1n) is 6.29. The van der Waals surface area contributed by atoms with E-state index >= 15 is 0 Å². The minimum atomic E-state index is -0.452. The van der Waals surface area contributed by atoms with E-state index < -0.39 is 12.2 Å². The maximum absolute atomic E-state index is 12.3. The molecule has 100 valence electrons. The van der Waals surface area contributed by atoms with Gasteiger partial charge in [0.2, 0.25) is 0 Å². The summed E-state index contributed by atoms with van der Waals surface area (Å²) < 4.78 is 6.41. The molecule has 0 N–H and O–H groups in total. The number of fused-ring (bicyclic) bond motifs is 2. The standard InChI is InChI=1S/C14H14BrNO3/c1-7-5-9(6-8(2)12(7)15)16-13(17)10-3-4-11(19-10)14(16)18/h5-6,10-11H,3-4H2,1-2H3. The van der Waals surface area contributed by atoms with E-state index in [2.05, 4.69) is 15.9 Å². The molecule has 2 bridgehead atoms. The molecule has 2 saturated heterocycles. The Morgan fingerprint density at radius 2 is 1.58 bits per heavy atom. The van der Waals surface area contributed by atoms with Crippen LogP contribution in [-0.2, 0) is 14.3 Å². The Kier molecular flexibility index (Phi) is 2.98. The van der Waals surface area contributed by atoms with Crippen molar-refractivity contribution in [3.63, 3.8) is 0 Å². The van der Waals surface area contributed by atoms with E-state index in [4.69, 9.17) is 4.74 Å². The van der Waals surface area contributed by atoms with Crippen LogP contribution in [0, 0.1) is 13.8 Å². The lowest BCUT2D eigenvalue weighted by Crippen LogP contribution is -2.52. The van der Waals surface area contributed by atoms with E-state index in [9.17, 15) is 9.59 Å². The third-order valence-corrected chi connectivity index (χ3v) is 4.94. The normalized spacial score (nSPS) is 26.2. The second-order valence-corrected chi connectivity index (χ2v) is 5.89. The van der Waals surface area contributed by atoms with Gasteiger partial charge < -0.3 is 4.74 Å². The number of carbonyl (C=O) groups excluding carboxylic acids is 2. The van der Waals surface area contributed by atoms with Gasteiger partial charge in [-0.15, -0.1) is 0 Å². The molecule has 0 aromatic heterocycles. The quantitative estimate of drug-likeness (QED) is 0.746. The maximum Gasteiger partial charge on any atom is 0.262 e. The second-order valence-electron chi connectivity index (χ2n) is 5.10. The number of halogens is 1. The SMILES string of the molecule is Cc1cc(N2C(=O)C3CCC(O3)C2=O)cc(C)c1Br. The molecule has 0 spiro atoms. The fourth-order valence-corrected chi connectivity index (χ4v) is 2.93. The van der Waals surface area contributed by atoms with E-state index in [1.807, 2.05) is 26.0 Å². The average Bonchev–Trinajstić information content (AvgIpc) is 2.81. The molecule has 2 unspecified atom stereocenters. The van der Waals surface area contributed by atoms with Crippen LogP contribution in [0.2, 0.25) is 0 Å². The zero-order valence-electron chi connectivity index (χ0n) is 10.8. The number of benzene rings is 1. The van der Waals surface area contributed by atoms with E-state index in [0.29, 0.717) is 18.5 Å². The average molecular weight is 324 g/mol. The van der Waals surface area contributed by atoms with Crippen LogP contribution in [0.5, 0.6) is 0 Å². The number of rotatable bonds is 1. The zero-order chi connectivity index (χ0) is 13.7. The summed E-state index contributed by atoms with van der Waals surface area (Å²) in [5.41, 5.74) is 2.66. The number of amides is 2. The van der Waals surface area contributed by atoms with Crippen LogP contribution in [-0.4, -0.2) is 24.0 Å². The number of imide groups is 1. The minimum Gasteiger partial charge on any atom is -0.355 e. The summed E-state index contributed by atoms with van der Waals surface area (Å²) in [5, 5.41) is 0. The molecule has 2 amide bonds. The highest BCUT2D eigenvalue weighted by atomic mass is 79.9. The Morgan fingerprint density at radius 3 is 2.05 bits per heavy atom. The molecular weight excluding hydrogens is 310 g/mol. The Hall–Kier alpha value is -1.20. The molecule has 2 heterocycles. The Labute approximate surface area is 119 Å². The first-order chi connectivity index (χ1) is 8.99. The summed E-state index contributed by atoms with van der Waals surface area (Å²) in [6, 6.07) is 3.72. The van der Waals surface area contributed by atoms with Gasteiger partial charge in [-0.3, -0.25) is 9.59 Å². The van der Waals surface area contributed by atoms with Gasteiger partial charge in [0.1, 0.15) is 12.2 Å². The minimum absolute atomic E-state index is 0.236. The predicted octanol–water partition coefficient (Wildman–Crippen LogP) is 2.49. The van der Waals surface area contributed by atoms with Crippen LogP contribution in [0.4, 0.5) is 5.69 Å². The van der Waals surface area contributed by atoms with Crippen LogP contribution < -0.4 is 4.90 Å². The predicted molar refractivity (Wildman–Crippen MR) is 74.0 cm³/mol. The van der Waals surface area contributed by atoms with Crippen molar-refractivity contribution in [2.75, 3.05) is 4.90 Å². The highest BCUT2D eigenvalue weighted by Gasteiger charge is 2.47. The number of hydrogen-bond acceptors (Lipinski definition) is 3. The van der Waals surface area contributed by atoms with Gasteiger partial charge >= 0.3 is 0 Å². The Morgan fingerprint density at radius 1 is 1.11 bits per heavy atom. The smallest absolute Gasteiger partial charge is 0.262 e.